The molecule has 5 aromatic rings. The molecule has 1 unspecified atom stereocenters. The van der Waals surface area contributed by atoms with Crippen LogP contribution in [0.1, 0.15) is 47.8 Å². The van der Waals surface area contributed by atoms with Gasteiger partial charge in [0.15, 0.2) is 5.82 Å². The zero-order valence-electron chi connectivity index (χ0n) is 20.6. The fourth-order valence-electron chi connectivity index (χ4n) is 4.12. The number of benzene rings is 3. The average molecular weight is 567 g/mol. The van der Waals surface area contributed by atoms with E-state index in [1.165, 1.54) is 4.68 Å². The zero-order valence-corrected chi connectivity index (χ0v) is 22.9. The van der Waals surface area contributed by atoms with Crippen molar-refractivity contribution in [3.8, 4) is 5.69 Å². The Morgan fingerprint density at radius 3 is 2.39 bits per heavy atom. The minimum atomic E-state index is -0.209. The van der Waals surface area contributed by atoms with E-state index in [-0.39, 0.29) is 10.9 Å². The van der Waals surface area contributed by atoms with E-state index in [0.29, 0.717) is 34.5 Å². The molecule has 38 heavy (non-hydrogen) atoms. The molecule has 0 saturated heterocycles. The first kappa shape index (κ1) is 26.2. The summed E-state index contributed by atoms with van der Waals surface area (Å²) in [5, 5.41) is 20.0. The number of hydrogen-bond donors (Lipinski definition) is 1. The highest BCUT2D eigenvalue weighted by Crippen LogP contribution is 2.41. The number of hydrogen-bond acceptors (Lipinski definition) is 6. The maximum atomic E-state index is 13.4. The van der Waals surface area contributed by atoms with Crippen molar-refractivity contribution >= 4 is 35.0 Å². The number of nitrogens with one attached hydrogen (secondary N) is 1. The lowest BCUT2D eigenvalue weighted by molar-refractivity contribution is 0.666. The Morgan fingerprint density at radius 1 is 0.974 bits per heavy atom. The molecule has 0 aliphatic carbocycles. The topological polar surface area (TPSA) is 94.3 Å². The number of unbranched alkanes of at least 4 members (excludes halogenated alkanes) is 1. The number of halogens is 2. The van der Waals surface area contributed by atoms with Gasteiger partial charge in [0.2, 0.25) is 0 Å². The Labute approximate surface area is 234 Å². The van der Waals surface area contributed by atoms with Gasteiger partial charge >= 0.3 is 5.69 Å². The van der Waals surface area contributed by atoms with Crippen LogP contribution in [0.4, 0.5) is 0 Å². The van der Waals surface area contributed by atoms with Crippen molar-refractivity contribution in [3.63, 3.8) is 0 Å². The average Bonchev–Trinajstić information content (AvgIpc) is 3.57. The lowest BCUT2D eigenvalue weighted by atomic mass is 10.1. The highest BCUT2D eigenvalue weighted by molar-refractivity contribution is 7.99. The van der Waals surface area contributed by atoms with E-state index in [1.54, 1.807) is 28.5 Å². The van der Waals surface area contributed by atoms with Crippen molar-refractivity contribution < 1.29 is 0 Å². The van der Waals surface area contributed by atoms with Gasteiger partial charge in [0.25, 0.3) is 0 Å². The maximum Gasteiger partial charge on any atom is 0.351 e. The van der Waals surface area contributed by atoms with Crippen LogP contribution in [0.3, 0.4) is 0 Å². The number of aryl methyl sites for hydroxylation is 1. The largest absolute Gasteiger partial charge is 0.351 e. The Morgan fingerprint density at radius 2 is 1.71 bits per heavy atom. The first-order valence-electron chi connectivity index (χ1n) is 12.2. The summed E-state index contributed by atoms with van der Waals surface area (Å²) in [6.45, 7) is 2.53. The van der Waals surface area contributed by atoms with E-state index in [1.807, 2.05) is 60.7 Å². The van der Waals surface area contributed by atoms with Crippen molar-refractivity contribution in [3.05, 3.63) is 116 Å². The van der Waals surface area contributed by atoms with Gasteiger partial charge in [-0.1, -0.05) is 79.0 Å². The summed E-state index contributed by atoms with van der Waals surface area (Å²) < 4.78 is 3.13. The minimum Gasteiger partial charge on any atom is -0.274 e. The van der Waals surface area contributed by atoms with Crippen molar-refractivity contribution in [2.45, 2.75) is 42.9 Å². The van der Waals surface area contributed by atoms with Gasteiger partial charge in [0, 0.05) is 16.3 Å². The third kappa shape index (κ3) is 5.70. The predicted molar refractivity (Wildman–Crippen MR) is 150 cm³/mol. The van der Waals surface area contributed by atoms with Gasteiger partial charge in [-0.2, -0.15) is 4.68 Å². The summed E-state index contributed by atoms with van der Waals surface area (Å²) in [7, 11) is 0. The van der Waals surface area contributed by atoms with Crippen molar-refractivity contribution in [2.24, 2.45) is 0 Å². The smallest absolute Gasteiger partial charge is 0.274 e. The van der Waals surface area contributed by atoms with Crippen molar-refractivity contribution in [1.82, 2.24) is 35.0 Å². The quantitative estimate of drug-likeness (QED) is 0.205. The molecule has 0 radical (unpaired) electrons. The number of thioether (sulfide) groups is 1. The van der Waals surface area contributed by atoms with Crippen LogP contribution in [0.15, 0.2) is 82.5 Å². The second-order valence-corrected chi connectivity index (χ2v) is 10.7. The van der Waals surface area contributed by atoms with Crippen LogP contribution in [0, 0.1) is 0 Å². The van der Waals surface area contributed by atoms with Crippen LogP contribution in [-0.2, 0) is 13.0 Å². The normalized spacial score (nSPS) is 12.1. The minimum absolute atomic E-state index is 0.207. The van der Waals surface area contributed by atoms with Crippen LogP contribution < -0.4 is 5.69 Å². The lowest BCUT2D eigenvalue weighted by Crippen LogP contribution is -2.25. The summed E-state index contributed by atoms with van der Waals surface area (Å²) in [6, 6.07) is 23.0. The third-order valence-corrected chi connectivity index (χ3v) is 8.01. The molecule has 0 fully saturated rings. The summed E-state index contributed by atoms with van der Waals surface area (Å²) >= 11 is 14.5. The Bertz CT molecular complexity index is 1570. The molecule has 8 nitrogen and oxygen atoms in total. The van der Waals surface area contributed by atoms with E-state index >= 15 is 0 Å². The van der Waals surface area contributed by atoms with Gasteiger partial charge in [-0.25, -0.2) is 9.89 Å². The number of tetrazole rings is 1. The SMILES string of the molecule is CCCCc1nn(-c2ccccc2Cl)c(=O)n1Cc1ccc(SC(c2nnn[nH]2)c2ccccc2Cl)cc1. The summed E-state index contributed by atoms with van der Waals surface area (Å²) in [6.07, 6.45) is 2.66. The van der Waals surface area contributed by atoms with E-state index in [2.05, 4.69) is 32.6 Å². The second-order valence-electron chi connectivity index (χ2n) is 8.70. The molecule has 2 heterocycles. The molecular formula is C27H25Cl2N7OS. The van der Waals surface area contributed by atoms with Gasteiger partial charge in [0.05, 0.1) is 22.5 Å². The number of aromatic amines is 1. The van der Waals surface area contributed by atoms with E-state index in [0.717, 1.165) is 34.7 Å². The number of rotatable bonds is 10. The Kier molecular flexibility index (Phi) is 8.26. The summed E-state index contributed by atoms with van der Waals surface area (Å²) in [5.41, 5.74) is 2.28. The van der Waals surface area contributed by atoms with Gasteiger partial charge in [-0.05, 0) is 58.3 Å². The van der Waals surface area contributed by atoms with Gasteiger partial charge in [-0.3, -0.25) is 4.57 Å². The molecule has 0 aliphatic rings. The van der Waals surface area contributed by atoms with Gasteiger partial charge in [0.1, 0.15) is 5.82 Å². The molecule has 2 aromatic heterocycles. The molecule has 0 aliphatic heterocycles. The Hall–Kier alpha value is -3.40. The highest BCUT2D eigenvalue weighted by Gasteiger charge is 2.22. The molecule has 1 atom stereocenters. The Balaban J connectivity index is 1.41. The maximum absolute atomic E-state index is 13.4. The first-order valence-corrected chi connectivity index (χ1v) is 13.9. The lowest BCUT2D eigenvalue weighted by Gasteiger charge is -2.15. The van der Waals surface area contributed by atoms with Gasteiger partial charge in [-0.15, -0.1) is 22.0 Å². The molecule has 1 N–H and O–H groups in total. The molecule has 0 spiro atoms. The molecular weight excluding hydrogens is 541 g/mol. The van der Waals surface area contributed by atoms with Crippen molar-refractivity contribution in [1.29, 1.82) is 0 Å². The molecule has 194 valence electrons. The van der Waals surface area contributed by atoms with Crippen LogP contribution in [0.25, 0.3) is 5.69 Å². The fourth-order valence-corrected chi connectivity index (χ4v) is 5.75. The van der Waals surface area contributed by atoms with Crippen LogP contribution in [0.2, 0.25) is 10.0 Å². The van der Waals surface area contributed by atoms with E-state index in [9.17, 15) is 4.79 Å². The van der Waals surface area contributed by atoms with Crippen LogP contribution in [-0.4, -0.2) is 35.0 Å². The monoisotopic (exact) mass is 565 g/mol. The van der Waals surface area contributed by atoms with Gasteiger partial charge < -0.3 is 0 Å². The molecule has 0 saturated carbocycles. The van der Waals surface area contributed by atoms with Crippen LogP contribution in [0.5, 0.6) is 0 Å². The van der Waals surface area contributed by atoms with E-state index < -0.39 is 0 Å². The predicted octanol–water partition coefficient (Wildman–Crippen LogP) is 6.13. The zero-order chi connectivity index (χ0) is 26.5. The summed E-state index contributed by atoms with van der Waals surface area (Å²) in [4.78, 5) is 14.4. The standard InChI is InChI=1S/C27H25Cl2N7OS/c1-2-3-12-24-32-36(23-11-7-6-10-22(23)29)27(37)35(24)17-18-13-15-19(16-14-18)38-25(26-30-33-34-31-26)20-8-4-5-9-21(20)28/h4-11,13-16,25H,2-3,12,17H2,1H3,(H,30,31,33,34). The molecule has 3 aromatic carbocycles. The molecule has 5 rings (SSSR count). The fraction of sp³-hybridized carbons (Fsp3) is 0.222. The van der Waals surface area contributed by atoms with E-state index in [4.69, 9.17) is 23.2 Å². The third-order valence-electron chi connectivity index (χ3n) is 6.09. The molecule has 0 bridgehead atoms. The molecule has 0 amide bonds. The summed E-state index contributed by atoms with van der Waals surface area (Å²) in [5.74, 6) is 1.36. The highest BCUT2D eigenvalue weighted by atomic mass is 35.5. The van der Waals surface area contributed by atoms with Crippen molar-refractivity contribution in [2.75, 3.05) is 0 Å². The number of nitrogens with zero attached hydrogens (tertiary/aromatic N) is 6. The number of H-pyrrole nitrogens is 1. The van der Waals surface area contributed by atoms with Crippen LogP contribution >= 0.6 is 35.0 Å². The number of para-hydroxylation sites is 1. The first-order chi connectivity index (χ1) is 18.5. The molecule has 11 heteroatoms. The second kappa shape index (κ2) is 12.0. The number of aromatic nitrogens is 7.